The highest BCUT2D eigenvalue weighted by Crippen LogP contribution is 2.21. The second kappa shape index (κ2) is 43.7. The summed E-state index contributed by atoms with van der Waals surface area (Å²) in [6.07, 6.45) is 1.30. The van der Waals surface area contributed by atoms with Crippen molar-refractivity contribution >= 4 is 111 Å². The van der Waals surface area contributed by atoms with Crippen molar-refractivity contribution in [2.75, 3.05) is 27.2 Å². The van der Waals surface area contributed by atoms with Crippen LogP contribution in [0.1, 0.15) is 108 Å². The number of phenols is 1. The molecule has 0 aliphatic rings. The molecule has 26 N–H and O–H groups in total. The van der Waals surface area contributed by atoms with Gasteiger partial charge in [0.15, 0.2) is 11.9 Å². The summed E-state index contributed by atoms with van der Waals surface area (Å²) in [5, 5.41) is 68.5. The van der Waals surface area contributed by atoms with Gasteiger partial charge in [0, 0.05) is 76.2 Å². The van der Waals surface area contributed by atoms with Gasteiger partial charge >= 0.3 is 0 Å². The zero-order chi connectivity index (χ0) is 84.9. The van der Waals surface area contributed by atoms with Gasteiger partial charge in [-0.15, -0.1) is 0 Å². The Morgan fingerprint density at radius 2 is 1.08 bits per heavy atom. The molecular weight excluding hydrogens is 1490 g/mol. The van der Waals surface area contributed by atoms with Gasteiger partial charge in [0.05, 0.1) is 41.8 Å². The van der Waals surface area contributed by atoms with Crippen LogP contribution in [0, 0.1) is 29.6 Å². The number of rotatable bonds is 45. The molecule has 622 valence electrons. The monoisotopic (exact) mass is 1600 g/mol. The predicted molar refractivity (Wildman–Crippen MR) is 421 cm³/mol. The predicted octanol–water partition coefficient (Wildman–Crippen LogP) is -3.97. The van der Waals surface area contributed by atoms with E-state index >= 15 is 4.79 Å². The molecule has 115 heavy (non-hydrogen) atoms. The standard InChI is InChI=1S/C75H106N24O16/c1-38(2)27-53(91-66(108)54(29-42-18-20-45(101)21-19-42)92-67(109)56(31-44-34-82-36-86-44)94-63(105)50(15-11-25-83-74(78)79)88-60(104)35-99-37-87-49-22-17-40(5)28-47(49)72(99)114)65(107)95-57(32-59(77)103)68(110)93-55(30-43-33-85-48-14-10-9-13-46(43)48)69(111)96-61(39(3)4)70(112)97-62(41(6)100)71(113)89-51(16-12-26-84-75(80)81)64(106)90-52(23-24-58(76)102)73(115)98(7)8/h9-10,13-14,17-22,28,33-34,36-39,41,50-57,61-62,85,100-101H,11-12,15-16,23-27,29-32,35H2,1-8H3,(H2,76,102)(H2,77,103)(H,82,86)(H,88,104)(H,89,113)(H,90,106)(H,91,108)(H,92,109)(H,93,110)(H,94,105)(H,95,107)(H,96,111)(H,97,112)(H4,78,79,83)(H4,80,81,84)/t41-,50+,51+,52+,53+,54+,55+,56+,57+,61+,62+/m1/s1. The van der Waals surface area contributed by atoms with Gasteiger partial charge in [-0.25, -0.2) is 9.97 Å². The quantitative estimate of drug-likeness (QED) is 0.00985. The number of aromatic nitrogens is 5. The van der Waals surface area contributed by atoms with Crippen molar-refractivity contribution < 1.29 is 72.5 Å². The SMILES string of the molecule is Cc1ccc2ncn(CC(=O)N[C@@H](CCCNC(=N)N)C(=O)N[C@@H](Cc3c[nH]cn3)C(=O)N[C@@H](Cc3ccc(O)cc3)C(=O)N[C@@H](CC(C)C)C(=O)N[C@@H](CC(N)=O)C(=O)N[C@@H](Cc3c[nH]c4ccccc34)C(=O)N[C@H](C(=O)N[C@H](C(=O)N[C@@H](CCCNC(=N)N)C(=O)N[C@@H](CCC(N)=O)C(=O)N(C)C)[C@@H](C)O)C(C)C)c(=O)c2c1. The highest BCUT2D eigenvalue weighted by molar-refractivity contribution is 6.01. The number of carbonyl (C=O) groups excluding carboxylic acids is 13. The summed E-state index contributed by atoms with van der Waals surface area (Å²) >= 11 is 0. The Labute approximate surface area is 661 Å². The largest absolute Gasteiger partial charge is 0.508 e. The number of imidazole rings is 1. The third-order valence-electron chi connectivity index (χ3n) is 18.3. The van der Waals surface area contributed by atoms with Gasteiger partial charge < -0.3 is 112 Å². The van der Waals surface area contributed by atoms with Crippen LogP contribution in [0.5, 0.6) is 5.75 Å². The molecule has 3 heterocycles. The third-order valence-corrected chi connectivity index (χ3v) is 18.3. The highest BCUT2D eigenvalue weighted by atomic mass is 16.3. The molecule has 11 atom stereocenters. The number of nitrogens with two attached hydrogens (primary N) is 4. The molecule has 0 fully saturated rings. The average molecular weight is 1600 g/mol. The Morgan fingerprint density at radius 1 is 0.557 bits per heavy atom. The van der Waals surface area contributed by atoms with Crippen molar-refractivity contribution in [3.05, 3.63) is 125 Å². The number of aromatic hydroxyl groups is 1. The number of hydrogen-bond acceptors (Lipinski definition) is 20. The summed E-state index contributed by atoms with van der Waals surface area (Å²) < 4.78 is 1.07. The van der Waals surface area contributed by atoms with Gasteiger partial charge in [0.2, 0.25) is 76.8 Å². The Morgan fingerprint density at radius 3 is 1.64 bits per heavy atom. The molecule has 3 aromatic carbocycles. The minimum Gasteiger partial charge on any atom is -0.508 e. The summed E-state index contributed by atoms with van der Waals surface area (Å²) in [7, 11) is 2.83. The van der Waals surface area contributed by atoms with Crippen molar-refractivity contribution in [1.29, 1.82) is 10.8 Å². The number of hydrogen-bond donors (Lipinski definition) is 22. The number of H-pyrrole nitrogens is 2. The number of likely N-dealkylation sites (N-methyl/N-ethyl adjacent to an activating group) is 1. The molecule has 40 heteroatoms. The molecule has 0 unspecified atom stereocenters. The topological polar surface area (TPSA) is 641 Å². The molecule has 0 saturated heterocycles. The second-order valence-corrected chi connectivity index (χ2v) is 28.9. The number of benzene rings is 3. The van der Waals surface area contributed by atoms with E-state index in [-0.39, 0.29) is 100 Å². The number of nitrogens with zero attached hydrogens (tertiary/aromatic N) is 4. The average Bonchev–Trinajstić information content (AvgIpc) is 0.953. The van der Waals surface area contributed by atoms with E-state index < -0.39 is 180 Å². The number of para-hydroxylation sites is 1. The molecule has 0 radical (unpaired) electrons. The number of aromatic amines is 2. The molecule has 13 amide bonds. The summed E-state index contributed by atoms with van der Waals surface area (Å²) in [5.74, 6) is -14.6. The number of guanidine groups is 2. The fourth-order valence-corrected chi connectivity index (χ4v) is 12.3. The van der Waals surface area contributed by atoms with Crippen LogP contribution in [-0.2, 0) is 88.1 Å². The number of primary amides is 2. The van der Waals surface area contributed by atoms with Crippen LogP contribution in [-0.4, -0.2) is 222 Å². The fourth-order valence-electron chi connectivity index (χ4n) is 12.3. The Balaban J connectivity index is 1.26. The second-order valence-electron chi connectivity index (χ2n) is 28.9. The number of nitrogens with one attached hydrogen (secondary N) is 16. The van der Waals surface area contributed by atoms with Crippen molar-refractivity contribution in [3.63, 3.8) is 0 Å². The van der Waals surface area contributed by atoms with Crippen LogP contribution < -0.4 is 92.3 Å². The lowest BCUT2D eigenvalue weighted by molar-refractivity contribution is -0.138. The van der Waals surface area contributed by atoms with E-state index in [1.807, 2.05) is 0 Å². The maximum absolute atomic E-state index is 15.0. The summed E-state index contributed by atoms with van der Waals surface area (Å²) in [6, 6.07) is 1.67. The molecule has 3 aromatic heterocycles. The molecule has 0 spiro atoms. The zero-order valence-electron chi connectivity index (χ0n) is 65.3. The van der Waals surface area contributed by atoms with Crippen molar-refractivity contribution in [2.24, 2.45) is 34.8 Å². The van der Waals surface area contributed by atoms with Crippen molar-refractivity contribution in [3.8, 4) is 5.75 Å². The maximum atomic E-state index is 15.0. The van der Waals surface area contributed by atoms with Crippen molar-refractivity contribution in [1.82, 2.24) is 93.2 Å². The first-order valence-corrected chi connectivity index (χ1v) is 37.3. The molecule has 6 aromatic rings. The number of aliphatic hydroxyl groups excluding tert-OH is 1. The smallest absolute Gasteiger partial charge is 0.261 e. The number of phenolic OH excluding ortho intramolecular Hbond substituents is 1. The number of aryl methyl sites for hydroxylation is 1. The van der Waals surface area contributed by atoms with Crippen LogP contribution in [0.25, 0.3) is 21.8 Å². The van der Waals surface area contributed by atoms with Crippen LogP contribution in [0.2, 0.25) is 0 Å². The summed E-state index contributed by atoms with van der Waals surface area (Å²) in [6.45, 7) is 8.97. The van der Waals surface area contributed by atoms with Crippen LogP contribution in [0.4, 0.5) is 0 Å². The van der Waals surface area contributed by atoms with E-state index in [1.54, 1.807) is 69.4 Å². The third kappa shape index (κ3) is 28.9. The van der Waals surface area contributed by atoms with E-state index in [4.69, 9.17) is 33.8 Å². The van der Waals surface area contributed by atoms with Crippen LogP contribution in [0.3, 0.4) is 0 Å². The van der Waals surface area contributed by atoms with Gasteiger partial charge in [-0.3, -0.25) is 82.5 Å². The molecule has 0 aliphatic heterocycles. The lowest BCUT2D eigenvalue weighted by atomic mass is 9.99. The van der Waals surface area contributed by atoms with Gasteiger partial charge in [0.1, 0.15) is 72.7 Å². The molecule has 0 bridgehead atoms. The van der Waals surface area contributed by atoms with Gasteiger partial charge in [0.25, 0.3) is 5.56 Å². The van der Waals surface area contributed by atoms with E-state index in [9.17, 15) is 72.5 Å². The van der Waals surface area contributed by atoms with Crippen LogP contribution in [0.15, 0.2) is 96.6 Å². The number of amides is 13. The van der Waals surface area contributed by atoms with Crippen LogP contribution >= 0.6 is 0 Å². The lowest BCUT2D eigenvalue weighted by Crippen LogP contribution is -2.63. The van der Waals surface area contributed by atoms with E-state index in [2.05, 4.69) is 83.7 Å². The number of aliphatic hydroxyl groups is 1. The normalized spacial score (nSPS) is 14.1. The number of carbonyl (C=O) groups is 13. The number of fused-ring (bicyclic) bond motifs is 2. The van der Waals surface area contributed by atoms with E-state index in [1.165, 1.54) is 76.0 Å². The first kappa shape index (κ1) is 90.8. The van der Waals surface area contributed by atoms with E-state index in [0.717, 1.165) is 17.1 Å². The van der Waals surface area contributed by atoms with Gasteiger partial charge in [-0.2, -0.15) is 0 Å². The fraction of sp³-hybridized carbons (Fsp3) is 0.467. The van der Waals surface area contributed by atoms with Crippen molar-refractivity contribution in [2.45, 2.75) is 185 Å². The van der Waals surface area contributed by atoms with Gasteiger partial charge in [-0.1, -0.05) is 69.7 Å². The lowest BCUT2D eigenvalue weighted by Gasteiger charge is -2.30. The zero-order valence-corrected chi connectivity index (χ0v) is 65.3. The Kier molecular flexibility index (Phi) is 34.5. The van der Waals surface area contributed by atoms with Gasteiger partial charge in [-0.05, 0) is 106 Å². The first-order valence-electron chi connectivity index (χ1n) is 37.3. The minimum atomic E-state index is -1.89. The Hall–Kier alpha value is -13.0. The summed E-state index contributed by atoms with van der Waals surface area (Å²) in [5.41, 5.74) is 24.4. The molecule has 0 saturated carbocycles. The molecular formula is C75H106N24O16. The molecule has 0 aliphatic carbocycles. The summed E-state index contributed by atoms with van der Waals surface area (Å²) in [4.78, 5) is 213. The maximum Gasteiger partial charge on any atom is 0.261 e. The highest BCUT2D eigenvalue weighted by Gasteiger charge is 2.39. The minimum absolute atomic E-state index is 0.0456. The Bertz CT molecular complexity index is 4510. The first-order chi connectivity index (χ1) is 54.4. The van der Waals surface area contributed by atoms with E-state index in [0.29, 0.717) is 27.5 Å². The molecule has 6 rings (SSSR count). The molecule has 40 nitrogen and oxygen atoms in total.